The van der Waals surface area contributed by atoms with Gasteiger partial charge in [-0.25, -0.2) is 4.79 Å². The van der Waals surface area contributed by atoms with Crippen LogP contribution in [0, 0.1) is 5.92 Å². The first-order valence-electron chi connectivity index (χ1n) is 9.60. The molecule has 2 aromatic rings. The van der Waals surface area contributed by atoms with Gasteiger partial charge in [0.2, 0.25) is 5.96 Å². The van der Waals surface area contributed by atoms with Crippen LogP contribution in [0.25, 0.3) is 0 Å². The number of nitrogens with one attached hydrogen (secondary N) is 3. The highest BCUT2D eigenvalue weighted by Gasteiger charge is 2.09. The second kappa shape index (κ2) is 12.7. The highest BCUT2D eigenvalue weighted by Crippen LogP contribution is 2.15. The number of carbonyl (C=O) groups excluding carboxylic acids is 1. The SMILES string of the molecule is CCOc1ccc(N/C(=N/C(=O)NCC(CO)CO)NCc2ccc(Cl)cc2)cc1. The van der Waals surface area contributed by atoms with Crippen molar-refractivity contribution in [2.45, 2.75) is 13.5 Å². The van der Waals surface area contributed by atoms with Gasteiger partial charge in [0.25, 0.3) is 0 Å². The molecular formula is C21H27ClN4O4. The van der Waals surface area contributed by atoms with Crippen LogP contribution in [0.2, 0.25) is 5.02 Å². The normalized spacial score (nSPS) is 11.3. The fourth-order valence-electron chi connectivity index (χ4n) is 2.40. The standard InChI is InChI=1S/C21H27ClN4O4/c1-2-30-19-9-7-18(8-10-19)25-20(23-11-15-3-5-17(22)6-4-15)26-21(29)24-12-16(13-27)14-28/h3-10,16,27-28H,2,11-14H2,1H3,(H3,23,24,25,26,29). The van der Waals surface area contributed by atoms with Crippen LogP contribution in [0.5, 0.6) is 5.75 Å². The maximum Gasteiger partial charge on any atom is 0.344 e. The van der Waals surface area contributed by atoms with Gasteiger partial charge in [0.05, 0.1) is 6.61 Å². The molecule has 0 aliphatic heterocycles. The van der Waals surface area contributed by atoms with Gasteiger partial charge in [0.15, 0.2) is 0 Å². The molecule has 5 N–H and O–H groups in total. The van der Waals surface area contributed by atoms with E-state index in [9.17, 15) is 4.79 Å². The monoisotopic (exact) mass is 434 g/mol. The van der Waals surface area contributed by atoms with E-state index in [0.29, 0.717) is 18.2 Å². The summed E-state index contributed by atoms with van der Waals surface area (Å²) in [5.74, 6) is 0.553. The zero-order valence-electron chi connectivity index (χ0n) is 16.8. The number of guanidine groups is 1. The molecule has 0 radical (unpaired) electrons. The van der Waals surface area contributed by atoms with Crippen molar-refractivity contribution in [1.29, 1.82) is 0 Å². The fraction of sp³-hybridized carbons (Fsp3) is 0.333. The maximum atomic E-state index is 12.2. The summed E-state index contributed by atoms with van der Waals surface area (Å²) in [5.41, 5.74) is 1.68. The fourth-order valence-corrected chi connectivity index (χ4v) is 2.52. The molecule has 2 aromatic carbocycles. The lowest BCUT2D eigenvalue weighted by molar-refractivity contribution is 0.149. The van der Waals surface area contributed by atoms with E-state index in [-0.39, 0.29) is 25.7 Å². The predicted octanol–water partition coefficient (Wildman–Crippen LogP) is 2.61. The molecule has 30 heavy (non-hydrogen) atoms. The van der Waals surface area contributed by atoms with Gasteiger partial charge in [-0.3, -0.25) is 0 Å². The van der Waals surface area contributed by atoms with Crippen molar-refractivity contribution in [3.63, 3.8) is 0 Å². The summed E-state index contributed by atoms with van der Waals surface area (Å²) in [5, 5.41) is 27.6. The number of hydrogen-bond acceptors (Lipinski definition) is 4. The van der Waals surface area contributed by atoms with Gasteiger partial charge in [0.1, 0.15) is 5.75 Å². The molecule has 0 saturated carbocycles. The van der Waals surface area contributed by atoms with E-state index in [4.69, 9.17) is 26.6 Å². The molecule has 2 rings (SSSR count). The Bertz CT molecular complexity index is 809. The minimum absolute atomic E-state index is 0.114. The van der Waals surface area contributed by atoms with Crippen LogP contribution in [0.15, 0.2) is 53.5 Å². The lowest BCUT2D eigenvalue weighted by Gasteiger charge is -2.14. The van der Waals surface area contributed by atoms with Gasteiger partial charge in [0, 0.05) is 42.9 Å². The van der Waals surface area contributed by atoms with Crippen molar-refractivity contribution >= 4 is 29.3 Å². The molecule has 0 aromatic heterocycles. The lowest BCUT2D eigenvalue weighted by atomic mass is 10.2. The van der Waals surface area contributed by atoms with E-state index in [2.05, 4.69) is 20.9 Å². The summed E-state index contributed by atoms with van der Waals surface area (Å²) >= 11 is 5.91. The number of ether oxygens (including phenoxy) is 1. The molecule has 0 unspecified atom stereocenters. The number of aliphatic hydroxyl groups excluding tert-OH is 2. The summed E-state index contributed by atoms with van der Waals surface area (Å²) < 4.78 is 5.43. The van der Waals surface area contributed by atoms with E-state index >= 15 is 0 Å². The Balaban J connectivity index is 2.07. The van der Waals surface area contributed by atoms with Crippen molar-refractivity contribution in [1.82, 2.24) is 10.6 Å². The minimum Gasteiger partial charge on any atom is -0.494 e. The van der Waals surface area contributed by atoms with Crippen LogP contribution in [0.1, 0.15) is 12.5 Å². The van der Waals surface area contributed by atoms with Gasteiger partial charge < -0.3 is 30.9 Å². The first-order chi connectivity index (χ1) is 14.5. The van der Waals surface area contributed by atoms with Crippen LogP contribution in [0.4, 0.5) is 10.5 Å². The molecule has 162 valence electrons. The summed E-state index contributed by atoms with van der Waals surface area (Å²) in [6, 6.07) is 14.0. The Morgan fingerprint density at radius 3 is 2.33 bits per heavy atom. The van der Waals surface area contributed by atoms with Gasteiger partial charge >= 0.3 is 6.03 Å². The molecule has 0 spiro atoms. The third-order valence-electron chi connectivity index (χ3n) is 4.07. The molecule has 9 heteroatoms. The van der Waals surface area contributed by atoms with Gasteiger partial charge in [-0.2, -0.15) is 4.99 Å². The Kier molecular flexibility index (Phi) is 9.93. The molecule has 2 amide bonds. The molecule has 0 atom stereocenters. The number of benzene rings is 2. The zero-order chi connectivity index (χ0) is 21.8. The quantitative estimate of drug-likeness (QED) is 0.306. The minimum atomic E-state index is -0.598. The highest BCUT2D eigenvalue weighted by atomic mass is 35.5. The smallest absolute Gasteiger partial charge is 0.344 e. The zero-order valence-corrected chi connectivity index (χ0v) is 17.5. The van der Waals surface area contributed by atoms with Crippen molar-refractivity contribution < 1.29 is 19.7 Å². The van der Waals surface area contributed by atoms with Crippen molar-refractivity contribution in [2.75, 3.05) is 31.7 Å². The van der Waals surface area contributed by atoms with Crippen molar-refractivity contribution in [3.05, 3.63) is 59.1 Å². The summed E-state index contributed by atoms with van der Waals surface area (Å²) in [4.78, 5) is 16.2. The number of rotatable bonds is 9. The largest absolute Gasteiger partial charge is 0.494 e. The third-order valence-corrected chi connectivity index (χ3v) is 4.32. The molecule has 0 heterocycles. The van der Waals surface area contributed by atoms with Gasteiger partial charge in [-0.1, -0.05) is 23.7 Å². The molecule has 8 nitrogen and oxygen atoms in total. The van der Waals surface area contributed by atoms with E-state index in [0.717, 1.165) is 17.0 Å². The van der Waals surface area contributed by atoms with Crippen molar-refractivity contribution in [2.24, 2.45) is 10.9 Å². The van der Waals surface area contributed by atoms with E-state index in [1.54, 1.807) is 12.1 Å². The second-order valence-electron chi connectivity index (χ2n) is 6.44. The van der Waals surface area contributed by atoms with Crippen LogP contribution < -0.4 is 20.7 Å². The number of aliphatic hydroxyl groups is 2. The number of aliphatic imine (C=N–C) groups is 1. The van der Waals surface area contributed by atoms with Crippen LogP contribution in [-0.4, -0.2) is 48.6 Å². The Labute approximate surface area is 180 Å². The Morgan fingerprint density at radius 2 is 1.73 bits per heavy atom. The Morgan fingerprint density at radius 1 is 1.07 bits per heavy atom. The number of carbonyl (C=O) groups is 1. The first kappa shape index (κ1) is 23.5. The third kappa shape index (κ3) is 8.28. The predicted molar refractivity (Wildman–Crippen MR) is 118 cm³/mol. The topological polar surface area (TPSA) is 115 Å². The Hall–Kier alpha value is -2.81. The lowest BCUT2D eigenvalue weighted by Crippen LogP contribution is -2.35. The maximum absolute atomic E-state index is 12.2. The first-order valence-corrected chi connectivity index (χ1v) is 9.98. The molecule has 0 aliphatic carbocycles. The molecule has 0 aliphatic rings. The summed E-state index contributed by atoms with van der Waals surface area (Å²) in [7, 11) is 0. The van der Waals surface area contributed by atoms with Crippen LogP contribution in [-0.2, 0) is 6.54 Å². The number of amides is 2. The number of hydrogen-bond donors (Lipinski definition) is 5. The van der Waals surface area contributed by atoms with E-state index < -0.39 is 11.9 Å². The van der Waals surface area contributed by atoms with Gasteiger partial charge in [-0.15, -0.1) is 0 Å². The molecule has 0 saturated heterocycles. The summed E-state index contributed by atoms with van der Waals surface area (Å²) in [6.45, 7) is 2.56. The molecule has 0 fully saturated rings. The average molecular weight is 435 g/mol. The highest BCUT2D eigenvalue weighted by molar-refractivity contribution is 6.30. The number of nitrogens with zero attached hydrogens (tertiary/aromatic N) is 1. The average Bonchev–Trinajstić information content (AvgIpc) is 2.75. The van der Waals surface area contributed by atoms with Gasteiger partial charge in [-0.05, 0) is 48.9 Å². The molecule has 0 bridgehead atoms. The number of halogens is 1. The van der Waals surface area contributed by atoms with Crippen LogP contribution >= 0.6 is 11.6 Å². The van der Waals surface area contributed by atoms with E-state index in [1.807, 2.05) is 43.3 Å². The summed E-state index contributed by atoms with van der Waals surface area (Å²) in [6.07, 6.45) is 0. The molecular weight excluding hydrogens is 408 g/mol. The van der Waals surface area contributed by atoms with Crippen molar-refractivity contribution in [3.8, 4) is 5.75 Å². The number of urea groups is 1. The van der Waals surface area contributed by atoms with Crippen LogP contribution in [0.3, 0.4) is 0 Å². The second-order valence-corrected chi connectivity index (χ2v) is 6.88. The number of anilines is 1. The van der Waals surface area contributed by atoms with E-state index in [1.165, 1.54) is 0 Å².